The minimum absolute atomic E-state index is 0.109. The molecule has 0 aliphatic rings. The Bertz CT molecular complexity index is 591. The van der Waals surface area contributed by atoms with Crippen LogP contribution in [0.25, 0.3) is 0 Å². The Morgan fingerprint density at radius 2 is 1.55 bits per heavy atom. The van der Waals surface area contributed by atoms with Gasteiger partial charge >= 0.3 is 0 Å². The SMILES string of the molecule is CC(=O)CC(=O)Nc1ccc(Oc2ccccc2)cc1. The molecule has 1 N–H and O–H groups in total. The fraction of sp³-hybridized carbons (Fsp3) is 0.125. The van der Waals surface area contributed by atoms with Gasteiger partial charge in [0.25, 0.3) is 0 Å². The summed E-state index contributed by atoms with van der Waals surface area (Å²) in [5, 5.41) is 2.65. The highest BCUT2D eigenvalue weighted by molar-refractivity contribution is 6.03. The van der Waals surface area contributed by atoms with Gasteiger partial charge in [-0.3, -0.25) is 9.59 Å². The molecule has 0 saturated heterocycles. The minimum Gasteiger partial charge on any atom is -0.457 e. The zero-order valence-electron chi connectivity index (χ0n) is 11.1. The molecule has 1 amide bonds. The summed E-state index contributed by atoms with van der Waals surface area (Å²) in [5.41, 5.74) is 0.636. The van der Waals surface area contributed by atoms with Gasteiger partial charge in [-0.2, -0.15) is 0 Å². The Balaban J connectivity index is 1.96. The van der Waals surface area contributed by atoms with E-state index in [1.165, 1.54) is 6.92 Å². The van der Waals surface area contributed by atoms with Gasteiger partial charge in [-0.05, 0) is 43.3 Å². The van der Waals surface area contributed by atoms with Crippen LogP contribution in [0.4, 0.5) is 5.69 Å². The number of hydrogen-bond donors (Lipinski definition) is 1. The summed E-state index contributed by atoms with van der Waals surface area (Å²) >= 11 is 0. The first-order chi connectivity index (χ1) is 9.63. The van der Waals surface area contributed by atoms with Gasteiger partial charge in [0.1, 0.15) is 17.3 Å². The molecule has 0 aromatic heterocycles. The lowest BCUT2D eigenvalue weighted by Gasteiger charge is -2.07. The Labute approximate surface area is 117 Å². The number of hydrogen-bond acceptors (Lipinski definition) is 3. The second-order valence-electron chi connectivity index (χ2n) is 4.37. The van der Waals surface area contributed by atoms with Crippen molar-refractivity contribution >= 4 is 17.4 Å². The smallest absolute Gasteiger partial charge is 0.231 e. The standard InChI is InChI=1S/C16H15NO3/c1-12(18)11-16(19)17-13-7-9-15(10-8-13)20-14-5-3-2-4-6-14/h2-10H,11H2,1H3,(H,17,19). The molecule has 2 aromatic rings. The average molecular weight is 269 g/mol. The van der Waals surface area contributed by atoms with Crippen LogP contribution >= 0.6 is 0 Å². The lowest BCUT2D eigenvalue weighted by atomic mass is 10.2. The molecule has 0 unspecified atom stereocenters. The van der Waals surface area contributed by atoms with Crippen molar-refractivity contribution in [1.29, 1.82) is 0 Å². The molecule has 0 aliphatic carbocycles. The summed E-state index contributed by atoms with van der Waals surface area (Å²) in [7, 11) is 0. The van der Waals surface area contributed by atoms with E-state index in [2.05, 4.69) is 5.32 Å². The van der Waals surface area contributed by atoms with E-state index in [4.69, 9.17) is 4.74 Å². The summed E-state index contributed by atoms with van der Waals surface area (Å²) in [5.74, 6) is 0.961. The quantitative estimate of drug-likeness (QED) is 0.846. The van der Waals surface area contributed by atoms with Gasteiger partial charge in [-0.1, -0.05) is 18.2 Å². The fourth-order valence-electron chi connectivity index (χ4n) is 1.66. The number of carbonyl (C=O) groups excluding carboxylic acids is 2. The number of amides is 1. The fourth-order valence-corrected chi connectivity index (χ4v) is 1.66. The van der Waals surface area contributed by atoms with Crippen LogP contribution in [0.15, 0.2) is 54.6 Å². The van der Waals surface area contributed by atoms with E-state index in [9.17, 15) is 9.59 Å². The van der Waals surface area contributed by atoms with Gasteiger partial charge in [-0.15, -0.1) is 0 Å². The number of benzene rings is 2. The van der Waals surface area contributed by atoms with Crippen molar-refractivity contribution in [3.63, 3.8) is 0 Å². The number of anilines is 1. The maximum Gasteiger partial charge on any atom is 0.231 e. The van der Waals surface area contributed by atoms with Crippen molar-refractivity contribution in [2.75, 3.05) is 5.32 Å². The van der Waals surface area contributed by atoms with Crippen LogP contribution in [0.2, 0.25) is 0 Å². The molecule has 0 radical (unpaired) electrons. The molecule has 0 atom stereocenters. The largest absolute Gasteiger partial charge is 0.457 e. The Morgan fingerprint density at radius 3 is 2.15 bits per heavy atom. The first-order valence-corrected chi connectivity index (χ1v) is 6.26. The molecular weight excluding hydrogens is 254 g/mol. The lowest BCUT2D eigenvalue weighted by molar-refractivity contribution is -0.124. The minimum atomic E-state index is -0.311. The summed E-state index contributed by atoms with van der Waals surface area (Å²) in [4.78, 5) is 22.3. The van der Waals surface area contributed by atoms with Crippen molar-refractivity contribution < 1.29 is 14.3 Å². The third-order valence-electron chi connectivity index (χ3n) is 2.53. The number of para-hydroxylation sites is 1. The number of carbonyl (C=O) groups is 2. The zero-order valence-corrected chi connectivity index (χ0v) is 11.1. The average Bonchev–Trinajstić information content (AvgIpc) is 2.41. The normalized spacial score (nSPS) is 9.85. The van der Waals surface area contributed by atoms with Gasteiger partial charge in [0.05, 0.1) is 6.42 Å². The van der Waals surface area contributed by atoms with Crippen molar-refractivity contribution in [3.8, 4) is 11.5 Å². The lowest BCUT2D eigenvalue weighted by Crippen LogP contribution is -2.14. The summed E-state index contributed by atoms with van der Waals surface area (Å²) < 4.78 is 5.64. The molecule has 0 spiro atoms. The highest BCUT2D eigenvalue weighted by Gasteiger charge is 2.05. The zero-order chi connectivity index (χ0) is 14.4. The molecule has 0 saturated carbocycles. The Hall–Kier alpha value is -2.62. The predicted octanol–water partition coefficient (Wildman–Crippen LogP) is 3.40. The molecule has 20 heavy (non-hydrogen) atoms. The molecule has 0 heterocycles. The molecule has 4 nitrogen and oxygen atoms in total. The molecule has 0 bridgehead atoms. The van der Waals surface area contributed by atoms with Gasteiger partial charge in [-0.25, -0.2) is 0 Å². The number of nitrogens with one attached hydrogen (secondary N) is 1. The highest BCUT2D eigenvalue weighted by atomic mass is 16.5. The maximum atomic E-state index is 11.4. The third kappa shape index (κ3) is 4.24. The molecule has 0 fully saturated rings. The van der Waals surface area contributed by atoms with E-state index in [0.717, 1.165) is 5.75 Å². The van der Waals surface area contributed by atoms with Crippen LogP contribution in [0.3, 0.4) is 0 Å². The van der Waals surface area contributed by atoms with Crippen molar-refractivity contribution in [1.82, 2.24) is 0 Å². The number of rotatable bonds is 5. The summed E-state index contributed by atoms with van der Waals surface area (Å²) in [6.45, 7) is 1.39. The number of Topliss-reactive ketones (excluding diaryl/α,β-unsaturated/α-hetero) is 1. The first-order valence-electron chi connectivity index (χ1n) is 6.26. The Kier molecular flexibility index (Phi) is 4.50. The van der Waals surface area contributed by atoms with Crippen molar-refractivity contribution in [2.45, 2.75) is 13.3 Å². The van der Waals surface area contributed by atoms with E-state index in [-0.39, 0.29) is 18.1 Å². The molecule has 4 heteroatoms. The van der Waals surface area contributed by atoms with Crippen molar-refractivity contribution in [3.05, 3.63) is 54.6 Å². The predicted molar refractivity (Wildman–Crippen MR) is 76.9 cm³/mol. The highest BCUT2D eigenvalue weighted by Crippen LogP contribution is 2.22. The summed E-state index contributed by atoms with van der Waals surface area (Å²) in [6, 6.07) is 16.4. The molecule has 102 valence electrons. The van der Waals surface area contributed by atoms with E-state index in [1.807, 2.05) is 30.3 Å². The number of ketones is 1. The van der Waals surface area contributed by atoms with E-state index in [0.29, 0.717) is 11.4 Å². The van der Waals surface area contributed by atoms with Crippen LogP contribution in [0.1, 0.15) is 13.3 Å². The second-order valence-corrected chi connectivity index (χ2v) is 4.37. The van der Waals surface area contributed by atoms with Crippen LogP contribution < -0.4 is 10.1 Å². The topological polar surface area (TPSA) is 55.4 Å². The molecule has 2 aromatic carbocycles. The molecular formula is C16H15NO3. The first kappa shape index (κ1) is 13.8. The Morgan fingerprint density at radius 1 is 0.950 bits per heavy atom. The van der Waals surface area contributed by atoms with Crippen LogP contribution in [-0.2, 0) is 9.59 Å². The third-order valence-corrected chi connectivity index (χ3v) is 2.53. The molecule has 0 aliphatic heterocycles. The van der Waals surface area contributed by atoms with Gasteiger partial charge < -0.3 is 10.1 Å². The monoisotopic (exact) mass is 269 g/mol. The van der Waals surface area contributed by atoms with Crippen LogP contribution in [-0.4, -0.2) is 11.7 Å². The number of ether oxygens (including phenoxy) is 1. The second kappa shape index (κ2) is 6.52. The van der Waals surface area contributed by atoms with E-state index in [1.54, 1.807) is 24.3 Å². The van der Waals surface area contributed by atoms with Crippen LogP contribution in [0.5, 0.6) is 11.5 Å². The van der Waals surface area contributed by atoms with Gasteiger partial charge in [0.15, 0.2) is 0 Å². The van der Waals surface area contributed by atoms with Crippen LogP contribution in [0, 0.1) is 0 Å². The van der Waals surface area contributed by atoms with Crippen molar-refractivity contribution in [2.24, 2.45) is 0 Å². The van der Waals surface area contributed by atoms with E-state index >= 15 is 0 Å². The van der Waals surface area contributed by atoms with E-state index < -0.39 is 0 Å². The van der Waals surface area contributed by atoms with Gasteiger partial charge in [0.2, 0.25) is 5.91 Å². The summed E-state index contributed by atoms with van der Waals surface area (Å²) in [6.07, 6.45) is -0.109. The maximum absolute atomic E-state index is 11.4. The molecule has 2 rings (SSSR count). The van der Waals surface area contributed by atoms with Gasteiger partial charge in [0, 0.05) is 5.69 Å².